The van der Waals surface area contributed by atoms with Crippen molar-refractivity contribution >= 4 is 23.0 Å². The molecule has 0 unspecified atom stereocenters. The molecule has 1 heterocycles. The summed E-state index contributed by atoms with van der Waals surface area (Å²) < 4.78 is 1.30. The summed E-state index contributed by atoms with van der Waals surface area (Å²) in [4.78, 5) is 26.4. The number of benzene rings is 1. The summed E-state index contributed by atoms with van der Waals surface area (Å²) in [6, 6.07) is 9.37. The molecule has 0 amide bonds. The second-order valence-corrected chi connectivity index (χ2v) is 4.86. The molecule has 1 aromatic heterocycles. The van der Waals surface area contributed by atoms with Crippen LogP contribution < -0.4 is 22.3 Å². The third-order valence-electron chi connectivity index (χ3n) is 2.99. The highest BCUT2D eigenvalue weighted by Crippen LogP contribution is 2.08. The van der Waals surface area contributed by atoms with Crippen molar-refractivity contribution in [3.05, 3.63) is 62.3 Å². The third kappa shape index (κ3) is 3.19. The number of H-pyrrole nitrogens is 1. The van der Waals surface area contributed by atoms with Crippen LogP contribution in [-0.4, -0.2) is 21.1 Å². The molecule has 2 aromatic rings. The molecule has 2 rings (SSSR count). The van der Waals surface area contributed by atoms with E-state index in [0.29, 0.717) is 6.54 Å². The Kier molecular flexibility index (Phi) is 4.54. The van der Waals surface area contributed by atoms with Gasteiger partial charge in [-0.2, -0.15) is 0 Å². The molecule has 0 saturated carbocycles. The molecule has 0 bridgehead atoms. The van der Waals surface area contributed by atoms with Crippen molar-refractivity contribution in [3.8, 4) is 0 Å². The van der Waals surface area contributed by atoms with E-state index in [9.17, 15) is 9.59 Å². The van der Waals surface area contributed by atoms with Crippen molar-refractivity contribution in [2.45, 2.75) is 13.5 Å². The molecule has 110 valence electrons. The van der Waals surface area contributed by atoms with Gasteiger partial charge in [0.2, 0.25) is 0 Å². The molecular weight excluding hydrogens is 288 g/mol. The number of thiocarbonyl (C=S) groups is 1. The van der Waals surface area contributed by atoms with Gasteiger partial charge in [0.25, 0.3) is 5.56 Å². The summed E-state index contributed by atoms with van der Waals surface area (Å²) in [7, 11) is 0. The van der Waals surface area contributed by atoms with E-state index >= 15 is 0 Å². The SMILES string of the molecule is CCNC(=S)c1c(N)n(Cc2ccccc2)c(=O)[nH]c1=O. The molecule has 0 fully saturated rings. The van der Waals surface area contributed by atoms with Crippen molar-refractivity contribution in [1.82, 2.24) is 14.9 Å². The molecule has 0 aliphatic carbocycles. The van der Waals surface area contributed by atoms with Gasteiger partial charge in [-0.1, -0.05) is 42.5 Å². The average Bonchev–Trinajstić information content (AvgIpc) is 2.44. The first-order valence-corrected chi connectivity index (χ1v) is 6.90. The Labute approximate surface area is 126 Å². The van der Waals surface area contributed by atoms with Gasteiger partial charge in [-0.05, 0) is 12.5 Å². The van der Waals surface area contributed by atoms with Crippen LogP contribution in [0.4, 0.5) is 5.82 Å². The number of nitrogen functional groups attached to an aromatic ring is 1. The fraction of sp³-hybridized carbons (Fsp3) is 0.214. The Hall–Kier alpha value is -2.41. The number of nitrogens with one attached hydrogen (secondary N) is 2. The van der Waals surface area contributed by atoms with E-state index in [4.69, 9.17) is 18.0 Å². The minimum absolute atomic E-state index is 0.0681. The molecule has 4 N–H and O–H groups in total. The first kappa shape index (κ1) is 15.0. The predicted octanol–water partition coefficient (Wildman–Crippen LogP) is 0.452. The van der Waals surface area contributed by atoms with Crippen LogP contribution in [-0.2, 0) is 6.54 Å². The van der Waals surface area contributed by atoms with Crippen LogP contribution in [0, 0.1) is 0 Å². The van der Waals surface area contributed by atoms with E-state index in [2.05, 4.69) is 10.3 Å². The Balaban J connectivity index is 2.52. The zero-order valence-electron chi connectivity index (χ0n) is 11.6. The normalized spacial score (nSPS) is 10.3. The van der Waals surface area contributed by atoms with Crippen LogP contribution in [0.5, 0.6) is 0 Å². The van der Waals surface area contributed by atoms with Crippen molar-refractivity contribution < 1.29 is 0 Å². The fourth-order valence-electron chi connectivity index (χ4n) is 1.98. The number of nitrogens with two attached hydrogens (primary N) is 1. The molecule has 21 heavy (non-hydrogen) atoms. The summed E-state index contributed by atoms with van der Waals surface area (Å²) in [5.41, 5.74) is 5.88. The standard InChI is InChI=1S/C14H16N4O2S/c1-2-16-13(21)10-11(15)18(14(20)17-12(10)19)8-9-6-4-3-5-7-9/h3-7H,2,8,15H2,1H3,(H,16,21)(H,17,19,20). The van der Waals surface area contributed by atoms with Crippen LogP contribution in [0.2, 0.25) is 0 Å². The van der Waals surface area contributed by atoms with E-state index in [-0.39, 0.29) is 22.9 Å². The van der Waals surface area contributed by atoms with Crippen molar-refractivity contribution in [2.24, 2.45) is 0 Å². The molecular formula is C14H16N4O2S. The molecule has 6 nitrogen and oxygen atoms in total. The molecule has 0 spiro atoms. The number of aromatic amines is 1. The Morgan fingerprint density at radius 2 is 2.00 bits per heavy atom. The van der Waals surface area contributed by atoms with E-state index in [0.717, 1.165) is 5.56 Å². The summed E-state index contributed by atoms with van der Waals surface area (Å²) in [6.07, 6.45) is 0. The second kappa shape index (κ2) is 6.36. The smallest absolute Gasteiger partial charge is 0.330 e. The summed E-state index contributed by atoms with van der Waals surface area (Å²) in [5, 5.41) is 2.87. The highest BCUT2D eigenvalue weighted by atomic mass is 32.1. The topological polar surface area (TPSA) is 92.9 Å². The van der Waals surface area contributed by atoms with E-state index in [1.165, 1.54) is 4.57 Å². The highest BCUT2D eigenvalue weighted by Gasteiger charge is 2.16. The Morgan fingerprint density at radius 1 is 1.33 bits per heavy atom. The lowest BCUT2D eigenvalue weighted by atomic mass is 10.2. The number of anilines is 1. The summed E-state index contributed by atoms with van der Waals surface area (Å²) >= 11 is 5.14. The average molecular weight is 304 g/mol. The van der Waals surface area contributed by atoms with Crippen molar-refractivity contribution in [2.75, 3.05) is 12.3 Å². The number of rotatable bonds is 4. The zero-order chi connectivity index (χ0) is 15.4. The van der Waals surface area contributed by atoms with E-state index in [1.54, 1.807) is 0 Å². The number of aromatic nitrogens is 2. The third-order valence-corrected chi connectivity index (χ3v) is 3.34. The second-order valence-electron chi connectivity index (χ2n) is 4.45. The van der Waals surface area contributed by atoms with Gasteiger partial charge in [0, 0.05) is 6.54 Å². The van der Waals surface area contributed by atoms with Crippen LogP contribution in [0.3, 0.4) is 0 Å². The van der Waals surface area contributed by atoms with Crippen LogP contribution in [0.15, 0.2) is 39.9 Å². The first-order valence-electron chi connectivity index (χ1n) is 6.49. The van der Waals surface area contributed by atoms with E-state index in [1.807, 2.05) is 37.3 Å². The number of hydrogen-bond acceptors (Lipinski definition) is 4. The molecule has 0 aliphatic rings. The van der Waals surface area contributed by atoms with E-state index < -0.39 is 11.2 Å². The predicted molar refractivity (Wildman–Crippen MR) is 86.7 cm³/mol. The highest BCUT2D eigenvalue weighted by molar-refractivity contribution is 7.80. The van der Waals surface area contributed by atoms with Gasteiger partial charge in [-0.25, -0.2) is 4.79 Å². The Morgan fingerprint density at radius 3 is 2.62 bits per heavy atom. The minimum Gasteiger partial charge on any atom is -0.384 e. The summed E-state index contributed by atoms with van der Waals surface area (Å²) in [6.45, 7) is 2.69. The van der Waals surface area contributed by atoms with Gasteiger partial charge in [0.15, 0.2) is 0 Å². The summed E-state index contributed by atoms with van der Waals surface area (Å²) in [5.74, 6) is 0.0681. The van der Waals surface area contributed by atoms with Crippen molar-refractivity contribution in [3.63, 3.8) is 0 Å². The van der Waals surface area contributed by atoms with Crippen LogP contribution in [0.1, 0.15) is 18.1 Å². The quantitative estimate of drug-likeness (QED) is 0.713. The van der Waals surface area contributed by atoms with Gasteiger partial charge in [-0.3, -0.25) is 14.3 Å². The maximum atomic E-state index is 12.0. The zero-order valence-corrected chi connectivity index (χ0v) is 12.4. The number of hydrogen-bond donors (Lipinski definition) is 3. The minimum atomic E-state index is -0.576. The number of nitrogens with zero attached hydrogens (tertiary/aromatic N) is 1. The van der Waals surface area contributed by atoms with Crippen LogP contribution in [0.25, 0.3) is 0 Å². The lowest BCUT2D eigenvalue weighted by molar-refractivity contribution is 0.730. The van der Waals surface area contributed by atoms with Gasteiger partial charge in [-0.15, -0.1) is 0 Å². The molecule has 0 saturated heterocycles. The molecule has 1 aromatic carbocycles. The molecule has 0 radical (unpaired) electrons. The molecule has 0 atom stereocenters. The maximum absolute atomic E-state index is 12.0. The van der Waals surface area contributed by atoms with Crippen LogP contribution >= 0.6 is 12.2 Å². The van der Waals surface area contributed by atoms with Gasteiger partial charge < -0.3 is 11.1 Å². The molecule has 7 heteroatoms. The maximum Gasteiger partial charge on any atom is 0.330 e. The first-order chi connectivity index (χ1) is 10.0. The lowest BCUT2D eigenvalue weighted by Gasteiger charge is -2.13. The van der Waals surface area contributed by atoms with Crippen molar-refractivity contribution in [1.29, 1.82) is 0 Å². The monoisotopic (exact) mass is 304 g/mol. The fourth-order valence-corrected chi connectivity index (χ4v) is 2.32. The van der Waals surface area contributed by atoms with Gasteiger partial charge >= 0.3 is 5.69 Å². The largest absolute Gasteiger partial charge is 0.384 e. The van der Waals surface area contributed by atoms with Gasteiger partial charge in [0.1, 0.15) is 16.4 Å². The Bertz CT molecular complexity index is 765. The molecule has 0 aliphatic heterocycles. The van der Waals surface area contributed by atoms with Gasteiger partial charge in [0.05, 0.1) is 6.54 Å². The lowest BCUT2D eigenvalue weighted by Crippen LogP contribution is -2.39.